The zero-order chi connectivity index (χ0) is 14.2. The van der Waals surface area contributed by atoms with Crippen LogP contribution in [0.5, 0.6) is 5.75 Å². The second-order valence-corrected chi connectivity index (χ2v) is 5.28. The van der Waals surface area contributed by atoms with Crippen molar-refractivity contribution in [2.24, 2.45) is 0 Å². The van der Waals surface area contributed by atoms with E-state index in [-0.39, 0.29) is 12.7 Å². The van der Waals surface area contributed by atoms with E-state index >= 15 is 0 Å². The molecule has 2 aliphatic rings. The van der Waals surface area contributed by atoms with Crippen molar-refractivity contribution in [3.05, 3.63) is 41.3 Å². The molecule has 0 unspecified atom stereocenters. The van der Waals surface area contributed by atoms with Crippen molar-refractivity contribution >= 4 is 11.6 Å². The van der Waals surface area contributed by atoms with Crippen molar-refractivity contribution in [1.82, 2.24) is 5.16 Å². The summed E-state index contributed by atoms with van der Waals surface area (Å²) in [5.41, 5.74) is 2.91. The summed E-state index contributed by atoms with van der Waals surface area (Å²) in [7, 11) is 0. The van der Waals surface area contributed by atoms with Gasteiger partial charge in [-0.15, -0.1) is 0 Å². The lowest BCUT2D eigenvalue weighted by molar-refractivity contribution is -0.0163. The van der Waals surface area contributed by atoms with Gasteiger partial charge in [0.2, 0.25) is 0 Å². The fourth-order valence-corrected chi connectivity index (χ4v) is 2.43. The van der Waals surface area contributed by atoms with Gasteiger partial charge in [-0.25, -0.2) is 0 Å². The predicted octanol–water partition coefficient (Wildman–Crippen LogP) is 2.67. The third-order valence-corrected chi connectivity index (χ3v) is 3.68. The predicted molar refractivity (Wildman–Crippen MR) is 73.2 cm³/mol. The van der Waals surface area contributed by atoms with Gasteiger partial charge < -0.3 is 19.3 Å². The van der Waals surface area contributed by atoms with E-state index in [1.165, 1.54) is 6.26 Å². The van der Waals surface area contributed by atoms with Crippen LogP contribution in [0, 0.1) is 0 Å². The third kappa shape index (κ3) is 2.38. The van der Waals surface area contributed by atoms with Crippen molar-refractivity contribution in [3.63, 3.8) is 0 Å². The van der Waals surface area contributed by atoms with Gasteiger partial charge in [0.05, 0.1) is 12.3 Å². The number of carbonyl (C=O) groups is 1. The van der Waals surface area contributed by atoms with Gasteiger partial charge >= 0.3 is 0 Å². The first-order valence-corrected chi connectivity index (χ1v) is 6.90. The number of rotatable bonds is 3. The highest BCUT2D eigenvalue weighted by Gasteiger charge is 2.31. The summed E-state index contributed by atoms with van der Waals surface area (Å²) in [4.78, 5) is 12.3. The highest BCUT2D eigenvalue weighted by atomic mass is 16.7. The Hall–Kier alpha value is -2.34. The molecule has 0 bridgehead atoms. The molecule has 1 aliphatic heterocycles. The van der Waals surface area contributed by atoms with Crippen LogP contribution in [0.3, 0.4) is 0 Å². The SMILES string of the molecule is O=C(Nc1ccc2c(c1)COCO2)c1conc1C1CC1. The molecule has 4 rings (SSSR count). The number of amides is 1. The topological polar surface area (TPSA) is 73.6 Å². The number of carbonyl (C=O) groups excluding carboxylic acids is 1. The largest absolute Gasteiger partial charge is 0.467 e. The molecule has 0 spiro atoms. The van der Waals surface area contributed by atoms with E-state index in [0.717, 1.165) is 29.8 Å². The number of anilines is 1. The number of fused-ring (bicyclic) bond motifs is 1. The molecule has 0 radical (unpaired) electrons. The van der Waals surface area contributed by atoms with Gasteiger partial charge in [0.25, 0.3) is 5.91 Å². The van der Waals surface area contributed by atoms with Gasteiger partial charge in [0.15, 0.2) is 6.79 Å². The molecular formula is C15H14N2O4. The monoisotopic (exact) mass is 286 g/mol. The molecule has 6 heteroatoms. The van der Waals surface area contributed by atoms with Crippen molar-refractivity contribution in [2.75, 3.05) is 12.1 Å². The Morgan fingerprint density at radius 1 is 1.33 bits per heavy atom. The first-order valence-electron chi connectivity index (χ1n) is 6.90. The first-order chi connectivity index (χ1) is 10.3. The summed E-state index contributed by atoms with van der Waals surface area (Å²) in [6.07, 6.45) is 3.55. The molecule has 0 saturated heterocycles. The molecule has 1 fully saturated rings. The number of hydrogen-bond donors (Lipinski definition) is 1. The Morgan fingerprint density at radius 3 is 3.10 bits per heavy atom. The van der Waals surface area contributed by atoms with Gasteiger partial charge in [-0.3, -0.25) is 4.79 Å². The molecule has 6 nitrogen and oxygen atoms in total. The van der Waals surface area contributed by atoms with Gasteiger partial charge in [-0.05, 0) is 31.0 Å². The normalized spacial score (nSPS) is 17.0. The summed E-state index contributed by atoms with van der Waals surface area (Å²) in [5.74, 6) is 0.966. The maximum Gasteiger partial charge on any atom is 0.260 e. The van der Waals surface area contributed by atoms with Crippen LogP contribution in [-0.2, 0) is 11.3 Å². The minimum absolute atomic E-state index is 0.198. The van der Waals surface area contributed by atoms with E-state index in [1.54, 1.807) is 0 Å². The summed E-state index contributed by atoms with van der Waals surface area (Å²) >= 11 is 0. The number of nitrogens with one attached hydrogen (secondary N) is 1. The van der Waals surface area contributed by atoms with Crippen LogP contribution < -0.4 is 10.1 Å². The minimum atomic E-state index is -0.198. The van der Waals surface area contributed by atoms with Crippen LogP contribution in [0.2, 0.25) is 0 Å². The number of hydrogen-bond acceptors (Lipinski definition) is 5. The Bertz CT molecular complexity index is 691. The Balaban J connectivity index is 1.55. The Labute approximate surface area is 121 Å². The molecule has 1 aromatic heterocycles. The van der Waals surface area contributed by atoms with Crippen LogP contribution >= 0.6 is 0 Å². The molecule has 1 saturated carbocycles. The minimum Gasteiger partial charge on any atom is -0.467 e. The van der Waals surface area contributed by atoms with Crippen molar-refractivity contribution in [2.45, 2.75) is 25.4 Å². The molecular weight excluding hydrogens is 272 g/mol. The smallest absolute Gasteiger partial charge is 0.260 e. The first kappa shape index (κ1) is 12.4. The zero-order valence-corrected chi connectivity index (χ0v) is 11.3. The molecule has 2 heterocycles. The number of ether oxygens (including phenoxy) is 2. The molecule has 0 atom stereocenters. The summed E-state index contributed by atoms with van der Waals surface area (Å²) in [6.45, 7) is 0.754. The number of nitrogens with zero attached hydrogens (tertiary/aromatic N) is 1. The molecule has 21 heavy (non-hydrogen) atoms. The van der Waals surface area contributed by atoms with E-state index in [9.17, 15) is 4.79 Å². The highest BCUT2D eigenvalue weighted by molar-refractivity contribution is 6.05. The molecule has 1 aliphatic carbocycles. The van der Waals surface area contributed by atoms with E-state index in [4.69, 9.17) is 14.0 Å². The van der Waals surface area contributed by atoms with Gasteiger partial charge in [-0.2, -0.15) is 0 Å². The fraction of sp³-hybridized carbons (Fsp3) is 0.333. The standard InChI is InChI=1S/C15H14N2O4/c18-15(12-7-21-17-14(12)9-1-2-9)16-11-3-4-13-10(5-11)6-19-8-20-13/h3-5,7,9H,1-2,6,8H2,(H,16,18). The van der Waals surface area contributed by atoms with E-state index in [2.05, 4.69) is 10.5 Å². The maximum atomic E-state index is 12.3. The van der Waals surface area contributed by atoms with Crippen LogP contribution in [0.25, 0.3) is 0 Å². The molecule has 1 amide bonds. The van der Waals surface area contributed by atoms with Crippen LogP contribution in [-0.4, -0.2) is 17.9 Å². The molecule has 2 aromatic rings. The van der Waals surface area contributed by atoms with Crippen LogP contribution in [0.1, 0.15) is 40.4 Å². The summed E-state index contributed by atoms with van der Waals surface area (Å²) in [6, 6.07) is 5.51. The summed E-state index contributed by atoms with van der Waals surface area (Å²) in [5, 5.41) is 6.80. The van der Waals surface area contributed by atoms with Gasteiger partial charge in [0, 0.05) is 17.2 Å². The zero-order valence-electron chi connectivity index (χ0n) is 11.3. The van der Waals surface area contributed by atoms with Gasteiger partial charge in [-0.1, -0.05) is 5.16 Å². The maximum absolute atomic E-state index is 12.3. The average Bonchev–Trinajstić information content (AvgIpc) is 3.24. The highest BCUT2D eigenvalue weighted by Crippen LogP contribution is 2.40. The lowest BCUT2D eigenvalue weighted by Gasteiger charge is -2.18. The summed E-state index contributed by atoms with van der Waals surface area (Å²) < 4.78 is 15.5. The Morgan fingerprint density at radius 2 is 2.24 bits per heavy atom. The van der Waals surface area contributed by atoms with E-state index in [1.807, 2.05) is 18.2 Å². The molecule has 1 aromatic carbocycles. The lowest BCUT2D eigenvalue weighted by Crippen LogP contribution is -2.15. The molecule has 108 valence electrons. The van der Waals surface area contributed by atoms with Crippen molar-refractivity contribution in [3.8, 4) is 5.75 Å². The van der Waals surface area contributed by atoms with E-state index in [0.29, 0.717) is 23.8 Å². The Kier molecular flexibility index (Phi) is 2.89. The van der Waals surface area contributed by atoms with Crippen LogP contribution in [0.4, 0.5) is 5.69 Å². The number of benzene rings is 1. The molecule has 1 N–H and O–H groups in total. The second-order valence-electron chi connectivity index (χ2n) is 5.28. The fourth-order valence-electron chi connectivity index (χ4n) is 2.43. The average molecular weight is 286 g/mol. The third-order valence-electron chi connectivity index (χ3n) is 3.68. The van der Waals surface area contributed by atoms with Crippen LogP contribution in [0.15, 0.2) is 29.0 Å². The van der Waals surface area contributed by atoms with Crippen molar-refractivity contribution < 1.29 is 18.8 Å². The van der Waals surface area contributed by atoms with Gasteiger partial charge in [0.1, 0.15) is 17.6 Å². The second kappa shape index (κ2) is 4.89. The van der Waals surface area contributed by atoms with E-state index < -0.39 is 0 Å². The van der Waals surface area contributed by atoms with Crippen molar-refractivity contribution in [1.29, 1.82) is 0 Å². The number of aromatic nitrogens is 1. The lowest BCUT2D eigenvalue weighted by atomic mass is 10.1. The quantitative estimate of drug-likeness (QED) is 0.939.